The van der Waals surface area contributed by atoms with E-state index in [2.05, 4.69) is 57.8 Å². The van der Waals surface area contributed by atoms with E-state index in [1.165, 1.54) is 77.0 Å². The quantitative estimate of drug-likeness (QED) is 0.497. The van der Waals surface area contributed by atoms with Crippen LogP contribution in [0.15, 0.2) is 36.9 Å². The number of aryl methyl sites for hydroxylation is 4. The minimum absolute atomic E-state index is 0. The molecule has 31 heavy (non-hydrogen) atoms. The topological polar surface area (TPSA) is 7.76 Å². The predicted octanol–water partition coefficient (Wildman–Crippen LogP) is -1.13. The Kier molecular flexibility index (Phi) is 7.56. The third kappa shape index (κ3) is 4.52. The van der Waals surface area contributed by atoms with E-state index in [4.69, 9.17) is 0 Å². The summed E-state index contributed by atoms with van der Waals surface area (Å²) in [5.74, 6) is 0. The molecule has 5 heteroatoms. The number of rotatable bonds is 2. The molecule has 0 radical (unpaired) electrons. The van der Waals surface area contributed by atoms with Crippen LogP contribution in [0.4, 0.5) is 0 Å². The summed E-state index contributed by atoms with van der Waals surface area (Å²) in [6.07, 6.45) is 26.0. The first-order valence-corrected chi connectivity index (χ1v) is 13.0. The van der Waals surface area contributed by atoms with Crippen molar-refractivity contribution in [3.63, 3.8) is 0 Å². The zero-order valence-corrected chi connectivity index (χ0v) is 20.6. The largest absolute Gasteiger partial charge is 1.00 e. The van der Waals surface area contributed by atoms with Gasteiger partial charge in [0.05, 0.1) is 10.5 Å². The average molecular weight is 478 g/mol. The van der Waals surface area contributed by atoms with Gasteiger partial charge in [-0.1, -0.05) is 0 Å². The van der Waals surface area contributed by atoms with Crippen LogP contribution < -0.4 is 33.9 Å². The van der Waals surface area contributed by atoms with Crippen molar-refractivity contribution in [1.29, 1.82) is 0 Å². The van der Waals surface area contributed by atoms with Gasteiger partial charge >= 0.3 is 0 Å². The number of pyridine rings is 2. The summed E-state index contributed by atoms with van der Waals surface area (Å²) >= 11 is 2.31. The van der Waals surface area contributed by atoms with Crippen LogP contribution in [0.2, 0.25) is 0 Å². The Bertz CT molecular complexity index is 845. The smallest absolute Gasteiger partial charge is 0.172 e. The van der Waals surface area contributed by atoms with Crippen molar-refractivity contribution < 1.29 is 33.9 Å². The highest BCUT2D eigenvalue weighted by molar-refractivity contribution is 8.00. The summed E-state index contributed by atoms with van der Waals surface area (Å²) in [6, 6.07) is 6.27. The summed E-state index contributed by atoms with van der Waals surface area (Å²) in [7, 11) is 0. The van der Waals surface area contributed by atoms with Gasteiger partial charge in [-0.25, -0.2) is 9.13 Å². The number of aromatic nitrogens is 2. The van der Waals surface area contributed by atoms with Crippen LogP contribution in [0.5, 0.6) is 0 Å². The lowest BCUT2D eigenvalue weighted by Crippen LogP contribution is -3.00. The van der Waals surface area contributed by atoms with Crippen LogP contribution in [0.25, 0.3) is 0 Å². The third-order valence-corrected chi connectivity index (χ3v) is 9.88. The highest BCUT2D eigenvalue weighted by Gasteiger charge is 2.46. The van der Waals surface area contributed by atoms with E-state index in [9.17, 15) is 0 Å². The second-order valence-corrected chi connectivity index (χ2v) is 11.3. The highest BCUT2D eigenvalue weighted by atomic mass is 35.5. The lowest BCUT2D eigenvalue weighted by molar-refractivity contribution is -0.733. The Morgan fingerprint density at radius 2 is 1.00 bits per heavy atom. The van der Waals surface area contributed by atoms with Crippen molar-refractivity contribution in [2.75, 3.05) is 0 Å². The first-order valence-electron chi connectivity index (χ1n) is 12.1. The minimum atomic E-state index is 0. The van der Waals surface area contributed by atoms with E-state index in [1.807, 2.05) is 0 Å². The molecule has 2 aliphatic heterocycles. The Labute approximate surface area is 204 Å². The van der Waals surface area contributed by atoms with E-state index >= 15 is 0 Å². The van der Waals surface area contributed by atoms with Crippen LogP contribution in [-0.2, 0) is 25.7 Å². The van der Waals surface area contributed by atoms with E-state index in [0.717, 1.165) is 10.5 Å². The number of hydrogen-bond acceptors (Lipinski definition) is 1. The first kappa shape index (κ1) is 23.4. The van der Waals surface area contributed by atoms with Gasteiger partial charge in [0.15, 0.2) is 36.9 Å². The molecule has 168 valence electrons. The number of hydrogen-bond donors (Lipinski definition) is 0. The van der Waals surface area contributed by atoms with Gasteiger partial charge in [0.2, 0.25) is 0 Å². The standard InChI is InChI=1S/C26H34N2S.2ClH/c1-3-7-21-17-27(15-13-19(21)5-1)23-9-11-26-24(10-12-25(23)29-26)28-16-14-20-6-2-4-8-22(20)18-28;;/h13-18,23-26H,1-12H2;2*1H/q+2;;/p-2/t23-,24-,25-,26-;;/m1../s1. The number of fused-ring (bicyclic) bond motifs is 4. The maximum atomic E-state index is 2.60. The summed E-state index contributed by atoms with van der Waals surface area (Å²) in [4.78, 5) is 0. The Morgan fingerprint density at radius 3 is 1.45 bits per heavy atom. The number of thioether (sulfide) groups is 1. The van der Waals surface area contributed by atoms with Crippen molar-refractivity contribution in [3.8, 4) is 0 Å². The molecule has 2 aliphatic carbocycles. The fourth-order valence-electron chi connectivity index (χ4n) is 6.44. The molecule has 0 aromatic carbocycles. The molecular weight excluding hydrogens is 443 g/mol. The normalized spacial score (nSPS) is 29.0. The Morgan fingerprint density at radius 1 is 0.581 bits per heavy atom. The summed E-state index contributed by atoms with van der Waals surface area (Å²) in [5.41, 5.74) is 6.48. The van der Waals surface area contributed by atoms with E-state index in [1.54, 1.807) is 22.3 Å². The van der Waals surface area contributed by atoms with Crippen molar-refractivity contribution >= 4 is 11.8 Å². The van der Waals surface area contributed by atoms with Gasteiger partial charge in [-0.3, -0.25) is 0 Å². The van der Waals surface area contributed by atoms with Crippen LogP contribution in [0, 0.1) is 0 Å². The lowest BCUT2D eigenvalue weighted by atomic mass is 9.89. The van der Waals surface area contributed by atoms with Gasteiger partial charge in [0.1, 0.15) is 0 Å². The molecule has 0 N–H and O–H groups in total. The molecule has 0 unspecified atom stereocenters. The van der Waals surface area contributed by atoms with Crippen LogP contribution in [0.3, 0.4) is 0 Å². The lowest BCUT2D eigenvalue weighted by Gasteiger charge is -2.39. The molecule has 2 fully saturated rings. The molecule has 2 nitrogen and oxygen atoms in total. The Hall–Kier alpha value is -0.770. The van der Waals surface area contributed by atoms with E-state index in [0.29, 0.717) is 12.1 Å². The zero-order chi connectivity index (χ0) is 19.2. The maximum Gasteiger partial charge on any atom is 0.172 e. The second-order valence-electron chi connectivity index (χ2n) is 9.80. The Balaban J connectivity index is 0.00000116. The summed E-state index contributed by atoms with van der Waals surface area (Å²) < 4.78 is 5.20. The molecular formula is C26H34Cl2N2S. The van der Waals surface area contributed by atoms with Gasteiger partial charge in [0.25, 0.3) is 0 Å². The van der Waals surface area contributed by atoms with Gasteiger partial charge in [0, 0.05) is 36.1 Å². The summed E-state index contributed by atoms with van der Waals surface area (Å²) in [6.45, 7) is 0. The van der Waals surface area contributed by atoms with Gasteiger partial charge in [-0.05, 0) is 75.3 Å². The first-order chi connectivity index (χ1) is 14.3. The van der Waals surface area contributed by atoms with Gasteiger partial charge in [-0.15, -0.1) is 11.8 Å². The van der Waals surface area contributed by atoms with E-state index < -0.39 is 0 Å². The SMILES string of the molecule is [Cl-].[Cl-].c1c[n+]([C@@H]2CC[C@H]3S[C@@H]2CC[C@H]3[n+]2ccc3c(c2)CCCC3)cc2c1CCCC2. The van der Waals surface area contributed by atoms with Crippen molar-refractivity contribution in [1.82, 2.24) is 0 Å². The molecule has 4 heterocycles. The van der Waals surface area contributed by atoms with Crippen molar-refractivity contribution in [3.05, 3.63) is 59.2 Å². The van der Waals surface area contributed by atoms with Crippen molar-refractivity contribution in [2.24, 2.45) is 0 Å². The van der Waals surface area contributed by atoms with Gasteiger partial charge < -0.3 is 24.8 Å². The molecule has 0 saturated carbocycles. The summed E-state index contributed by atoms with van der Waals surface area (Å²) in [5, 5.41) is 1.60. The fourth-order valence-corrected chi connectivity index (χ4v) is 8.35. The molecule has 0 spiro atoms. The number of halogens is 2. The van der Waals surface area contributed by atoms with Crippen LogP contribution in [-0.4, -0.2) is 10.5 Å². The minimum Gasteiger partial charge on any atom is -1.00 e. The molecule has 2 aromatic heterocycles. The molecule has 4 aliphatic rings. The zero-order valence-electron chi connectivity index (χ0n) is 18.3. The monoisotopic (exact) mass is 476 g/mol. The van der Waals surface area contributed by atoms with Gasteiger partial charge in [-0.2, -0.15) is 0 Å². The maximum absolute atomic E-state index is 2.60. The molecule has 2 aromatic rings. The fraction of sp³-hybridized carbons (Fsp3) is 0.615. The second kappa shape index (κ2) is 10.0. The molecule has 0 amide bonds. The molecule has 2 saturated heterocycles. The van der Waals surface area contributed by atoms with Crippen LogP contribution in [0.1, 0.15) is 85.7 Å². The number of nitrogens with zero attached hydrogens (tertiary/aromatic N) is 2. The molecule has 2 bridgehead atoms. The highest BCUT2D eigenvalue weighted by Crippen LogP contribution is 2.47. The third-order valence-electron chi connectivity index (χ3n) is 8.08. The average Bonchev–Trinajstić information content (AvgIpc) is 2.79. The molecule has 6 rings (SSSR count). The predicted molar refractivity (Wildman–Crippen MR) is 118 cm³/mol. The van der Waals surface area contributed by atoms with Crippen LogP contribution >= 0.6 is 11.8 Å². The van der Waals surface area contributed by atoms with E-state index in [-0.39, 0.29) is 24.8 Å². The van der Waals surface area contributed by atoms with Crippen molar-refractivity contribution in [2.45, 2.75) is 99.6 Å². The molecule has 4 atom stereocenters.